The number of aliphatic hydroxyl groups excluding tert-OH is 5. The van der Waals surface area contributed by atoms with Gasteiger partial charge >= 0.3 is 23.9 Å². The van der Waals surface area contributed by atoms with E-state index in [1.165, 1.54) is 25.4 Å². The zero-order valence-electron chi connectivity index (χ0n) is 38.5. The van der Waals surface area contributed by atoms with E-state index in [9.17, 15) is 69.0 Å². The molecule has 0 fully saturated rings. The number of nitrogen functional groups attached to an aromatic ring is 2. The number of nitrogens with zero attached hydrogens (tertiary/aromatic N) is 4. The molecule has 4 amide bonds. The summed E-state index contributed by atoms with van der Waals surface area (Å²) in [6, 6.07) is 0.428. The van der Waals surface area contributed by atoms with Gasteiger partial charge in [0.25, 0.3) is 5.91 Å². The Morgan fingerprint density at radius 1 is 0.736 bits per heavy atom. The van der Waals surface area contributed by atoms with Crippen molar-refractivity contribution >= 4 is 97.7 Å². The Hall–Kier alpha value is -6.74. The molecular formula is C41H58N12O17S2. The number of fused-ring (bicyclic) bond motifs is 1. The van der Waals surface area contributed by atoms with E-state index in [2.05, 4.69) is 51.8 Å². The predicted molar refractivity (Wildman–Crippen MR) is 256 cm³/mol. The SMILES string of the molecule is CN[C@@H](CCC(=O)O)C(=O)N[C@@H](CCC(=O)NC[C@H](O)[C@@H](O)[C@H](O)[C@H](O)CO)C(=O)N[C@@H](CSSCCOC(=O)CC[C@H](NC(=O)c1ccc(NCc2cnc3nc(N)nc(N)c3n2)cc1)C(=O)O)C(=O)O. The van der Waals surface area contributed by atoms with Crippen LogP contribution in [0.5, 0.6) is 0 Å². The first-order chi connectivity index (χ1) is 34.1. The molecular weight excluding hydrogens is 997 g/mol. The number of aliphatic hydroxyl groups is 5. The number of nitrogens with two attached hydrogens (primary N) is 2. The highest BCUT2D eigenvalue weighted by molar-refractivity contribution is 8.76. The van der Waals surface area contributed by atoms with Gasteiger partial charge in [0, 0.05) is 48.6 Å². The largest absolute Gasteiger partial charge is 0.481 e. The molecule has 0 aliphatic carbocycles. The number of carboxylic acid groups (broad SMARTS) is 3. The van der Waals surface area contributed by atoms with Gasteiger partial charge in [-0.15, -0.1) is 0 Å². The van der Waals surface area contributed by atoms with Crippen LogP contribution in [0.4, 0.5) is 17.5 Å². The van der Waals surface area contributed by atoms with Crippen LogP contribution in [0.3, 0.4) is 0 Å². The van der Waals surface area contributed by atoms with Crippen LogP contribution < -0.4 is 43.4 Å². The summed E-state index contributed by atoms with van der Waals surface area (Å²) in [6.07, 6.45) is -8.32. The van der Waals surface area contributed by atoms with Gasteiger partial charge in [0.1, 0.15) is 43.0 Å². The van der Waals surface area contributed by atoms with E-state index >= 15 is 0 Å². The number of hydrogen-bond acceptors (Lipinski definition) is 24. The van der Waals surface area contributed by atoms with Gasteiger partial charge < -0.3 is 89.0 Å². The first-order valence-electron chi connectivity index (χ1n) is 21.8. The molecule has 18 N–H and O–H groups in total. The van der Waals surface area contributed by atoms with E-state index in [1.807, 2.05) is 0 Å². The Morgan fingerprint density at radius 3 is 2.00 bits per heavy atom. The number of rotatable bonds is 33. The Labute approximate surface area is 417 Å². The minimum absolute atomic E-state index is 0.0380. The minimum atomic E-state index is -1.98. The topological polar surface area (TPSA) is 483 Å². The number of anilines is 3. The van der Waals surface area contributed by atoms with Crippen LogP contribution in [0.25, 0.3) is 11.2 Å². The van der Waals surface area contributed by atoms with Crippen LogP contribution in [0.15, 0.2) is 30.5 Å². The molecule has 0 aliphatic heterocycles. The lowest BCUT2D eigenvalue weighted by Gasteiger charge is -2.26. The molecule has 29 nitrogen and oxygen atoms in total. The fraction of sp³-hybridized carbons (Fsp3) is 0.512. The Kier molecular flexibility index (Phi) is 25.0. The number of carboxylic acids is 3. The summed E-state index contributed by atoms with van der Waals surface area (Å²) in [7, 11) is 3.39. The molecule has 0 radical (unpaired) electrons. The van der Waals surface area contributed by atoms with Crippen LogP contribution in [-0.4, -0.2) is 195 Å². The second-order valence-corrected chi connectivity index (χ2v) is 18.2. The van der Waals surface area contributed by atoms with Crippen LogP contribution in [0.2, 0.25) is 0 Å². The van der Waals surface area contributed by atoms with Crippen molar-refractivity contribution in [3.05, 3.63) is 41.7 Å². The number of ether oxygens (including phenoxy) is 1. The molecule has 396 valence electrons. The molecule has 31 heteroatoms. The molecule has 0 unspecified atom stereocenters. The second kappa shape index (κ2) is 30.2. The third-order valence-electron chi connectivity index (χ3n) is 10.2. The molecule has 2 aromatic heterocycles. The third kappa shape index (κ3) is 20.2. The van der Waals surface area contributed by atoms with Crippen molar-refractivity contribution in [2.45, 2.75) is 93.7 Å². The van der Waals surface area contributed by atoms with Crippen LogP contribution in [0, 0.1) is 0 Å². The number of aliphatic carboxylic acids is 3. The molecule has 2 heterocycles. The molecule has 1 aromatic carbocycles. The molecule has 72 heavy (non-hydrogen) atoms. The van der Waals surface area contributed by atoms with Crippen molar-refractivity contribution in [1.82, 2.24) is 46.5 Å². The molecule has 0 saturated heterocycles. The molecule has 0 aliphatic rings. The Bertz CT molecular complexity index is 2340. The molecule has 3 rings (SSSR count). The molecule has 0 bridgehead atoms. The Morgan fingerprint density at radius 2 is 1.36 bits per heavy atom. The summed E-state index contributed by atoms with van der Waals surface area (Å²) in [5.74, 6) is -8.38. The predicted octanol–water partition coefficient (Wildman–Crippen LogP) is -4.08. The lowest BCUT2D eigenvalue weighted by molar-refractivity contribution is -0.144. The molecule has 8 atom stereocenters. The van der Waals surface area contributed by atoms with Crippen molar-refractivity contribution in [1.29, 1.82) is 0 Å². The number of carbonyl (C=O) groups is 8. The fourth-order valence-corrected chi connectivity index (χ4v) is 8.11. The smallest absolute Gasteiger partial charge is 0.327 e. The Balaban J connectivity index is 1.45. The average Bonchev–Trinajstić information content (AvgIpc) is 3.34. The maximum atomic E-state index is 13.4. The van der Waals surface area contributed by atoms with Crippen molar-refractivity contribution in [2.75, 3.05) is 55.1 Å². The maximum absolute atomic E-state index is 13.4. The standard InChI is InChI=1S/C41H58N12O17S2/c1-44-22(7-10-29(58)59)37(64)49-23(6-9-28(57)46-16-26(55)32(61)33(62)27(56)17-54)38(65)51-25(40(68)69)18-72-71-13-12-70-30(60)11-8-24(39(66)67)50-36(63)19-2-4-20(5-3-19)45-14-21-15-47-35-31(48-21)34(42)52-41(43)53-35/h2-5,15,22-27,32-33,44-45,54-56,61-62H,6-14,16-18H2,1H3,(H,46,57)(H,49,64)(H,50,63)(H,51,65)(H,58,59)(H,66,67)(H,68,69)(H4,42,43,47,52,53)/t22-,23-,24-,25-,26-,27+,32+,33+/m0/s1. The van der Waals surface area contributed by atoms with E-state index in [0.29, 0.717) is 11.4 Å². The highest BCUT2D eigenvalue weighted by atomic mass is 33.1. The van der Waals surface area contributed by atoms with Crippen LogP contribution in [0.1, 0.15) is 54.6 Å². The van der Waals surface area contributed by atoms with Crippen LogP contribution >= 0.6 is 21.6 Å². The lowest BCUT2D eigenvalue weighted by atomic mass is 10.0. The quantitative estimate of drug-likeness (QED) is 0.0157. The summed E-state index contributed by atoms with van der Waals surface area (Å²) in [5.41, 5.74) is 13.2. The minimum Gasteiger partial charge on any atom is -0.481 e. The average molecular weight is 1060 g/mol. The van der Waals surface area contributed by atoms with E-state index < -0.39 is 129 Å². The lowest BCUT2D eigenvalue weighted by Crippen LogP contribution is -2.55. The van der Waals surface area contributed by atoms with Gasteiger partial charge in [-0.2, -0.15) is 9.97 Å². The normalized spacial score (nSPS) is 14.5. The van der Waals surface area contributed by atoms with Gasteiger partial charge in [-0.1, -0.05) is 21.6 Å². The molecule has 3 aromatic rings. The van der Waals surface area contributed by atoms with E-state index in [4.69, 9.17) is 26.4 Å². The number of hydrogen-bond donors (Lipinski definition) is 16. The number of benzene rings is 1. The summed E-state index contributed by atoms with van der Waals surface area (Å²) >= 11 is 0. The monoisotopic (exact) mass is 1050 g/mol. The van der Waals surface area contributed by atoms with E-state index in [1.54, 1.807) is 12.1 Å². The zero-order valence-corrected chi connectivity index (χ0v) is 40.1. The number of nitrogens with one attached hydrogen (secondary N) is 6. The number of carbonyl (C=O) groups excluding carboxylic acids is 5. The van der Waals surface area contributed by atoms with Gasteiger partial charge in [0.2, 0.25) is 23.7 Å². The zero-order chi connectivity index (χ0) is 53.5. The van der Waals surface area contributed by atoms with Crippen LogP contribution in [-0.2, 0) is 44.8 Å². The first kappa shape index (κ1) is 59.6. The van der Waals surface area contributed by atoms with Gasteiger partial charge in [-0.3, -0.25) is 28.8 Å². The van der Waals surface area contributed by atoms with Gasteiger partial charge in [-0.05, 0) is 50.6 Å². The molecule has 0 spiro atoms. The van der Waals surface area contributed by atoms with Gasteiger partial charge in [0.15, 0.2) is 17.0 Å². The first-order valence-corrected chi connectivity index (χ1v) is 24.3. The summed E-state index contributed by atoms with van der Waals surface area (Å²) in [5, 5.41) is 91.9. The second-order valence-electron chi connectivity index (χ2n) is 15.5. The van der Waals surface area contributed by atoms with Crippen molar-refractivity contribution in [2.24, 2.45) is 0 Å². The summed E-state index contributed by atoms with van der Waals surface area (Å²) in [4.78, 5) is 116. The third-order valence-corrected chi connectivity index (χ3v) is 12.5. The van der Waals surface area contributed by atoms with E-state index in [0.717, 1.165) is 21.6 Å². The summed E-state index contributed by atoms with van der Waals surface area (Å²) < 4.78 is 5.16. The van der Waals surface area contributed by atoms with Gasteiger partial charge in [0.05, 0.1) is 37.2 Å². The highest BCUT2D eigenvalue weighted by Crippen LogP contribution is 2.22. The fourth-order valence-electron chi connectivity index (χ4n) is 6.13. The number of amides is 4. The summed E-state index contributed by atoms with van der Waals surface area (Å²) in [6.45, 7) is -1.54. The number of aromatic nitrogens is 4. The van der Waals surface area contributed by atoms with Crippen molar-refractivity contribution < 1.29 is 83.9 Å². The van der Waals surface area contributed by atoms with Gasteiger partial charge in [-0.25, -0.2) is 19.6 Å². The van der Waals surface area contributed by atoms with Crippen molar-refractivity contribution in [3.8, 4) is 0 Å². The highest BCUT2D eigenvalue weighted by Gasteiger charge is 2.32. The van der Waals surface area contributed by atoms with E-state index in [-0.39, 0.29) is 72.4 Å². The van der Waals surface area contributed by atoms with Crippen molar-refractivity contribution in [3.63, 3.8) is 0 Å². The maximum Gasteiger partial charge on any atom is 0.327 e. The number of likely N-dealkylation sites (N-methyl/N-ethyl adjacent to an activating group) is 1. The number of esters is 1. The molecule has 0 saturated carbocycles.